The van der Waals surface area contributed by atoms with Crippen molar-refractivity contribution in [1.29, 1.82) is 0 Å². The fourth-order valence-electron chi connectivity index (χ4n) is 3.85. The number of aliphatic hydroxyl groups excluding tert-OH is 1. The van der Waals surface area contributed by atoms with Crippen LogP contribution in [0.1, 0.15) is 101 Å². The van der Waals surface area contributed by atoms with E-state index in [4.69, 9.17) is 0 Å². The highest BCUT2D eigenvalue weighted by atomic mass is 16.3. The van der Waals surface area contributed by atoms with Crippen LogP contribution < -0.4 is 0 Å². The maximum atomic E-state index is 10.5. The van der Waals surface area contributed by atoms with Gasteiger partial charge < -0.3 is 10.2 Å². The molecule has 232 valence electrons. The van der Waals surface area contributed by atoms with Crippen molar-refractivity contribution >= 4 is 0 Å². The lowest BCUT2D eigenvalue weighted by Gasteiger charge is -2.26. The van der Waals surface area contributed by atoms with E-state index in [0.29, 0.717) is 12.3 Å². The summed E-state index contributed by atoms with van der Waals surface area (Å²) in [7, 11) is 0. The Balaban J connectivity index is 4.73. The molecule has 0 aliphatic heterocycles. The fraction of sp³-hybridized carbons (Fsp3) is 0.450. The molecular formula is C40H60O2. The maximum Gasteiger partial charge on any atom is 0.101 e. The largest absolute Gasteiger partial charge is 0.387 e. The minimum absolute atomic E-state index is 0.514. The van der Waals surface area contributed by atoms with Gasteiger partial charge in [-0.2, -0.15) is 0 Å². The van der Waals surface area contributed by atoms with Gasteiger partial charge in [0.05, 0.1) is 5.60 Å². The summed E-state index contributed by atoms with van der Waals surface area (Å²) in [5, 5.41) is 20.9. The summed E-state index contributed by atoms with van der Waals surface area (Å²) in [5.41, 5.74) is 6.07. The van der Waals surface area contributed by atoms with Gasteiger partial charge in [0.15, 0.2) is 0 Å². The Hall–Kier alpha value is -2.94. The molecule has 0 heterocycles. The Labute approximate surface area is 259 Å². The fourth-order valence-corrected chi connectivity index (χ4v) is 3.85. The highest BCUT2D eigenvalue weighted by molar-refractivity contribution is 5.31. The van der Waals surface area contributed by atoms with Crippen molar-refractivity contribution in [3.05, 3.63) is 131 Å². The first-order chi connectivity index (χ1) is 19.7. The van der Waals surface area contributed by atoms with Crippen LogP contribution in [0.2, 0.25) is 0 Å². The second-order valence-corrected chi connectivity index (χ2v) is 12.3. The number of aliphatic hydroxyl groups is 2. The molecule has 0 spiro atoms. The summed E-state index contributed by atoms with van der Waals surface area (Å²) in [4.78, 5) is 0. The molecule has 0 aliphatic carbocycles. The van der Waals surface area contributed by atoms with Gasteiger partial charge in [-0.1, -0.05) is 138 Å². The third-order valence-corrected chi connectivity index (χ3v) is 6.78. The number of allylic oxidation sites excluding steroid dienone is 21. The van der Waals surface area contributed by atoms with Crippen LogP contribution in [0, 0.1) is 5.92 Å². The molecule has 0 aliphatic rings. The zero-order valence-corrected chi connectivity index (χ0v) is 28.3. The average molecular weight is 573 g/mol. The minimum Gasteiger partial charge on any atom is -0.387 e. The molecule has 0 fully saturated rings. The Bertz CT molecular complexity index is 1110. The smallest absolute Gasteiger partial charge is 0.101 e. The number of hydrogen-bond donors (Lipinski definition) is 2. The van der Waals surface area contributed by atoms with E-state index in [1.54, 1.807) is 13.0 Å². The molecule has 2 heteroatoms. The molecule has 42 heavy (non-hydrogen) atoms. The standard InChI is InChI=1S/C40H60O2/c1-32(2)18-13-22-36(7)25-15-27-37(8)26-14-23-34(5)20-11-12-21-35(6)24-16-28-38(9)29-30-39(41)40(10,42)31-17-19-33(3)4/h11-12,14-16,18-21,23-24,26-30,36,39,41-42H,13,17,22,25,31H2,1-10H3/b12-11+,23-14+,24-16+,27-15+,30-29+,34-20+,35-21+,37-26+,38-28+. The van der Waals surface area contributed by atoms with Crippen molar-refractivity contribution in [1.82, 2.24) is 0 Å². The van der Waals surface area contributed by atoms with E-state index in [-0.39, 0.29) is 0 Å². The molecule has 0 rings (SSSR count). The first-order valence-electron chi connectivity index (χ1n) is 15.5. The van der Waals surface area contributed by atoms with E-state index in [1.165, 1.54) is 35.1 Å². The predicted octanol–water partition coefficient (Wildman–Crippen LogP) is 11.2. The first kappa shape index (κ1) is 39.1. The van der Waals surface area contributed by atoms with Crippen LogP contribution in [-0.4, -0.2) is 21.9 Å². The van der Waals surface area contributed by atoms with E-state index >= 15 is 0 Å². The topological polar surface area (TPSA) is 40.5 Å². The molecule has 0 bridgehead atoms. The van der Waals surface area contributed by atoms with Crippen molar-refractivity contribution < 1.29 is 10.2 Å². The van der Waals surface area contributed by atoms with Crippen molar-refractivity contribution in [2.75, 3.05) is 0 Å². The Morgan fingerprint density at radius 2 is 1.10 bits per heavy atom. The highest BCUT2D eigenvalue weighted by Gasteiger charge is 2.27. The van der Waals surface area contributed by atoms with E-state index in [1.807, 2.05) is 45.1 Å². The van der Waals surface area contributed by atoms with E-state index in [9.17, 15) is 10.2 Å². The van der Waals surface area contributed by atoms with Crippen LogP contribution in [0.3, 0.4) is 0 Å². The molecule has 0 aromatic carbocycles. The van der Waals surface area contributed by atoms with Crippen LogP contribution >= 0.6 is 0 Å². The van der Waals surface area contributed by atoms with Crippen molar-refractivity contribution in [2.45, 2.75) is 113 Å². The lowest BCUT2D eigenvalue weighted by Crippen LogP contribution is -2.37. The van der Waals surface area contributed by atoms with Gasteiger partial charge in [0.1, 0.15) is 6.10 Å². The molecule has 3 unspecified atom stereocenters. The summed E-state index contributed by atoms with van der Waals surface area (Å²) >= 11 is 0. The lowest BCUT2D eigenvalue weighted by molar-refractivity contribution is -0.0427. The van der Waals surface area contributed by atoms with Gasteiger partial charge in [0.2, 0.25) is 0 Å². The van der Waals surface area contributed by atoms with Gasteiger partial charge in [-0.15, -0.1) is 0 Å². The highest BCUT2D eigenvalue weighted by Crippen LogP contribution is 2.19. The molecule has 0 aromatic heterocycles. The van der Waals surface area contributed by atoms with Crippen molar-refractivity contribution in [2.24, 2.45) is 5.92 Å². The summed E-state index contributed by atoms with van der Waals surface area (Å²) in [6, 6.07) is 0. The molecule has 0 radical (unpaired) electrons. The van der Waals surface area contributed by atoms with Crippen LogP contribution in [0.15, 0.2) is 131 Å². The van der Waals surface area contributed by atoms with Crippen molar-refractivity contribution in [3.8, 4) is 0 Å². The van der Waals surface area contributed by atoms with E-state index < -0.39 is 11.7 Å². The molecule has 0 aromatic rings. The van der Waals surface area contributed by atoms with Gasteiger partial charge in [0.25, 0.3) is 0 Å². The summed E-state index contributed by atoms with van der Waals surface area (Å²) < 4.78 is 0. The van der Waals surface area contributed by atoms with Gasteiger partial charge in [-0.25, -0.2) is 0 Å². The van der Waals surface area contributed by atoms with Crippen LogP contribution in [-0.2, 0) is 0 Å². The molecule has 2 nitrogen and oxygen atoms in total. The number of hydrogen-bond acceptors (Lipinski definition) is 2. The van der Waals surface area contributed by atoms with Crippen LogP contribution in [0.5, 0.6) is 0 Å². The average Bonchev–Trinajstić information content (AvgIpc) is 2.89. The van der Waals surface area contributed by atoms with Crippen LogP contribution in [0.25, 0.3) is 0 Å². The molecule has 2 N–H and O–H groups in total. The van der Waals surface area contributed by atoms with Gasteiger partial charge >= 0.3 is 0 Å². The predicted molar refractivity (Wildman–Crippen MR) is 188 cm³/mol. The molecular weight excluding hydrogens is 512 g/mol. The van der Waals surface area contributed by atoms with Gasteiger partial charge in [0, 0.05) is 0 Å². The van der Waals surface area contributed by atoms with E-state index in [2.05, 4.69) is 108 Å². The third kappa shape index (κ3) is 22.7. The summed E-state index contributed by atoms with van der Waals surface area (Å²) in [5.74, 6) is 0.709. The normalized spacial score (nSPS) is 17.1. The van der Waals surface area contributed by atoms with Crippen LogP contribution in [0.4, 0.5) is 0 Å². The quantitative estimate of drug-likeness (QED) is 0.127. The zero-order valence-electron chi connectivity index (χ0n) is 28.3. The molecule has 0 saturated heterocycles. The van der Waals surface area contributed by atoms with Crippen molar-refractivity contribution in [3.63, 3.8) is 0 Å². The summed E-state index contributed by atoms with van der Waals surface area (Å²) in [6.45, 7) is 20.7. The first-order valence-corrected chi connectivity index (χ1v) is 15.5. The number of rotatable bonds is 18. The lowest BCUT2D eigenvalue weighted by atomic mass is 9.92. The Kier molecular flexibility index (Phi) is 21.0. The summed E-state index contributed by atoms with van der Waals surface area (Å²) in [6.07, 6.45) is 37.0. The van der Waals surface area contributed by atoms with Gasteiger partial charge in [-0.3, -0.25) is 0 Å². The SMILES string of the molecule is CC(C)=CCCC(C)C/C=C/C(C)=C/C=C/C(C)=C/C=C/C=C(C)/C=C/C=C(C)/C=C/C(O)C(C)(O)CCC=C(C)C. The Morgan fingerprint density at radius 3 is 1.62 bits per heavy atom. The maximum absolute atomic E-state index is 10.5. The van der Waals surface area contributed by atoms with E-state index in [0.717, 1.165) is 24.0 Å². The monoisotopic (exact) mass is 572 g/mol. The third-order valence-electron chi connectivity index (χ3n) is 6.78. The second-order valence-electron chi connectivity index (χ2n) is 12.3. The molecule has 0 amide bonds. The second kappa shape index (κ2) is 22.6. The van der Waals surface area contributed by atoms with Gasteiger partial charge in [-0.05, 0) is 100 Å². The molecule has 0 saturated carbocycles. The minimum atomic E-state index is -1.15. The zero-order chi connectivity index (χ0) is 32.0. The Morgan fingerprint density at radius 1 is 0.643 bits per heavy atom. The molecule has 3 atom stereocenters.